The van der Waals surface area contributed by atoms with E-state index < -0.39 is 12.0 Å². The van der Waals surface area contributed by atoms with E-state index in [-0.39, 0.29) is 11.9 Å². The first-order valence-corrected chi connectivity index (χ1v) is 9.17. The van der Waals surface area contributed by atoms with Crippen molar-refractivity contribution < 1.29 is 14.7 Å². The van der Waals surface area contributed by atoms with Crippen LogP contribution in [0.2, 0.25) is 0 Å². The molecule has 1 amide bonds. The van der Waals surface area contributed by atoms with E-state index in [9.17, 15) is 14.7 Å². The zero-order valence-corrected chi connectivity index (χ0v) is 14.4. The molecule has 4 nitrogen and oxygen atoms in total. The number of benzene rings is 1. The van der Waals surface area contributed by atoms with Crippen molar-refractivity contribution in [3.05, 3.63) is 35.9 Å². The number of carboxylic acids is 1. The molecule has 4 unspecified atom stereocenters. The summed E-state index contributed by atoms with van der Waals surface area (Å²) in [6.07, 6.45) is 6.15. The van der Waals surface area contributed by atoms with Crippen LogP contribution in [0.5, 0.6) is 0 Å². The minimum atomic E-state index is -0.839. The summed E-state index contributed by atoms with van der Waals surface area (Å²) in [6.45, 7) is 2.13. The Balaban J connectivity index is 1.65. The van der Waals surface area contributed by atoms with Crippen LogP contribution in [0.25, 0.3) is 0 Å². The van der Waals surface area contributed by atoms with Crippen LogP contribution in [0, 0.1) is 5.92 Å². The van der Waals surface area contributed by atoms with Crippen LogP contribution in [-0.2, 0) is 9.59 Å². The van der Waals surface area contributed by atoms with Crippen molar-refractivity contribution in [3.8, 4) is 0 Å². The molecule has 4 heteroatoms. The molecule has 3 rings (SSSR count). The molecule has 0 radical (unpaired) electrons. The predicted octanol–water partition coefficient (Wildman–Crippen LogP) is 3.81. The minimum absolute atomic E-state index is 0.0274. The lowest BCUT2D eigenvalue weighted by Gasteiger charge is -2.33. The monoisotopic (exact) mass is 329 g/mol. The summed E-state index contributed by atoms with van der Waals surface area (Å²) in [4.78, 5) is 26.2. The van der Waals surface area contributed by atoms with Gasteiger partial charge in [0.1, 0.15) is 6.04 Å². The molecule has 1 aromatic rings. The average molecular weight is 329 g/mol. The Hall–Kier alpha value is -1.84. The van der Waals surface area contributed by atoms with Gasteiger partial charge in [-0.3, -0.25) is 4.79 Å². The summed E-state index contributed by atoms with van der Waals surface area (Å²) in [5, 5.41) is 9.54. The molecule has 0 aromatic heterocycles. The number of hydrogen-bond donors (Lipinski definition) is 1. The van der Waals surface area contributed by atoms with Gasteiger partial charge in [0, 0.05) is 12.5 Å². The van der Waals surface area contributed by atoms with Gasteiger partial charge in [-0.2, -0.15) is 0 Å². The van der Waals surface area contributed by atoms with Crippen LogP contribution in [0.1, 0.15) is 63.4 Å². The first-order chi connectivity index (χ1) is 11.6. The molecule has 1 saturated carbocycles. The van der Waals surface area contributed by atoms with Gasteiger partial charge in [-0.05, 0) is 43.1 Å². The van der Waals surface area contributed by atoms with E-state index in [2.05, 4.69) is 19.1 Å². The van der Waals surface area contributed by atoms with Gasteiger partial charge in [0.05, 0.1) is 0 Å². The van der Waals surface area contributed by atoms with Crippen molar-refractivity contribution in [2.75, 3.05) is 0 Å². The zero-order chi connectivity index (χ0) is 17.1. The van der Waals surface area contributed by atoms with Crippen molar-refractivity contribution in [2.45, 2.75) is 69.9 Å². The normalized spacial score (nSPS) is 27.5. The van der Waals surface area contributed by atoms with E-state index in [0.717, 1.165) is 25.7 Å². The lowest BCUT2D eigenvalue weighted by atomic mass is 9.84. The Morgan fingerprint density at radius 2 is 1.92 bits per heavy atom. The Morgan fingerprint density at radius 1 is 1.21 bits per heavy atom. The maximum Gasteiger partial charge on any atom is 0.326 e. The Labute approximate surface area is 143 Å². The summed E-state index contributed by atoms with van der Waals surface area (Å²) < 4.78 is 0. The van der Waals surface area contributed by atoms with Crippen molar-refractivity contribution in [3.63, 3.8) is 0 Å². The van der Waals surface area contributed by atoms with Crippen molar-refractivity contribution >= 4 is 11.9 Å². The maximum absolute atomic E-state index is 12.8. The summed E-state index contributed by atoms with van der Waals surface area (Å²) in [6, 6.07) is 9.73. The lowest BCUT2D eigenvalue weighted by molar-refractivity contribution is -0.150. The highest BCUT2D eigenvalue weighted by Crippen LogP contribution is 2.40. The van der Waals surface area contributed by atoms with E-state index in [4.69, 9.17) is 0 Å². The van der Waals surface area contributed by atoms with Gasteiger partial charge in [0.15, 0.2) is 0 Å². The summed E-state index contributed by atoms with van der Waals surface area (Å²) in [7, 11) is 0. The Bertz CT molecular complexity index is 586. The molecule has 0 bridgehead atoms. The number of fused-ring (bicyclic) bond motifs is 1. The van der Waals surface area contributed by atoms with Crippen LogP contribution >= 0.6 is 0 Å². The lowest BCUT2D eigenvalue weighted by Crippen LogP contribution is -2.46. The zero-order valence-electron chi connectivity index (χ0n) is 14.4. The van der Waals surface area contributed by atoms with Crippen LogP contribution in [0.4, 0.5) is 0 Å². The number of amides is 1. The van der Waals surface area contributed by atoms with Gasteiger partial charge in [-0.15, -0.1) is 0 Å². The molecule has 1 aliphatic heterocycles. The molecule has 2 aliphatic rings. The van der Waals surface area contributed by atoms with Gasteiger partial charge in [-0.1, -0.05) is 50.1 Å². The first-order valence-electron chi connectivity index (χ1n) is 9.17. The summed E-state index contributed by atoms with van der Waals surface area (Å²) in [5.74, 6) is -0.119. The number of carbonyl (C=O) groups excluding carboxylic acids is 1. The highest BCUT2D eigenvalue weighted by atomic mass is 16.4. The molecular weight excluding hydrogens is 302 g/mol. The number of rotatable bonds is 5. The number of carboxylic acid groups (broad SMARTS) is 1. The van der Waals surface area contributed by atoms with E-state index >= 15 is 0 Å². The largest absolute Gasteiger partial charge is 0.480 e. The number of aliphatic carboxylic acids is 1. The number of nitrogens with zero attached hydrogens (tertiary/aromatic N) is 1. The molecule has 1 saturated heterocycles. The van der Waals surface area contributed by atoms with Crippen LogP contribution in [0.15, 0.2) is 30.3 Å². The van der Waals surface area contributed by atoms with E-state index in [0.29, 0.717) is 24.7 Å². The highest BCUT2D eigenvalue weighted by molar-refractivity contribution is 5.84. The molecule has 1 heterocycles. The third-order valence-electron chi connectivity index (χ3n) is 5.82. The molecule has 2 fully saturated rings. The van der Waals surface area contributed by atoms with Crippen molar-refractivity contribution in [1.82, 2.24) is 4.90 Å². The Morgan fingerprint density at radius 3 is 2.62 bits per heavy atom. The third-order valence-corrected chi connectivity index (χ3v) is 5.82. The average Bonchev–Trinajstić information content (AvgIpc) is 3.00. The van der Waals surface area contributed by atoms with E-state index in [1.54, 1.807) is 4.90 Å². The third kappa shape index (κ3) is 3.47. The number of carbonyl (C=O) groups is 2. The fraction of sp³-hybridized carbons (Fsp3) is 0.600. The smallest absolute Gasteiger partial charge is 0.326 e. The highest BCUT2D eigenvalue weighted by Gasteiger charge is 2.47. The molecule has 24 heavy (non-hydrogen) atoms. The minimum Gasteiger partial charge on any atom is -0.480 e. The standard InChI is InChI=1S/C20H27NO3/c1-14(15-7-3-2-4-8-15)11-12-19(22)21-17-10-6-5-9-16(17)13-18(21)20(23)24/h2-4,7-8,14,16-18H,5-6,9-13H2,1H3,(H,23,24). The quantitative estimate of drug-likeness (QED) is 0.893. The van der Waals surface area contributed by atoms with Gasteiger partial charge < -0.3 is 10.0 Å². The van der Waals surface area contributed by atoms with E-state index in [1.165, 1.54) is 12.0 Å². The Kier molecular flexibility index (Phi) is 5.22. The van der Waals surface area contributed by atoms with Crippen molar-refractivity contribution in [1.29, 1.82) is 0 Å². The van der Waals surface area contributed by atoms with E-state index in [1.807, 2.05) is 18.2 Å². The second-order valence-electron chi connectivity index (χ2n) is 7.35. The SMILES string of the molecule is CC(CCC(=O)N1C(C(=O)O)CC2CCCCC21)c1ccccc1. The summed E-state index contributed by atoms with van der Waals surface area (Å²) >= 11 is 0. The van der Waals surface area contributed by atoms with Gasteiger partial charge in [-0.25, -0.2) is 4.79 Å². The fourth-order valence-corrected chi connectivity index (χ4v) is 4.46. The summed E-state index contributed by atoms with van der Waals surface area (Å²) in [5.41, 5.74) is 1.23. The molecule has 1 N–H and O–H groups in total. The van der Waals surface area contributed by atoms with Gasteiger partial charge >= 0.3 is 5.97 Å². The number of likely N-dealkylation sites (tertiary alicyclic amines) is 1. The number of hydrogen-bond acceptors (Lipinski definition) is 2. The molecule has 130 valence electrons. The van der Waals surface area contributed by atoms with Crippen LogP contribution in [0.3, 0.4) is 0 Å². The molecular formula is C20H27NO3. The van der Waals surface area contributed by atoms with Gasteiger partial charge in [0.2, 0.25) is 5.91 Å². The predicted molar refractivity (Wildman–Crippen MR) is 92.7 cm³/mol. The van der Waals surface area contributed by atoms with Gasteiger partial charge in [0.25, 0.3) is 0 Å². The topological polar surface area (TPSA) is 57.6 Å². The second-order valence-corrected chi connectivity index (χ2v) is 7.35. The maximum atomic E-state index is 12.8. The molecule has 4 atom stereocenters. The second kappa shape index (κ2) is 7.37. The molecule has 0 spiro atoms. The van der Waals surface area contributed by atoms with Crippen LogP contribution in [-0.4, -0.2) is 34.0 Å². The van der Waals surface area contributed by atoms with Crippen LogP contribution < -0.4 is 0 Å². The first kappa shape index (κ1) is 17.0. The van der Waals surface area contributed by atoms with Crippen molar-refractivity contribution in [2.24, 2.45) is 5.92 Å². The molecule has 1 aromatic carbocycles. The molecule has 1 aliphatic carbocycles. The fourth-order valence-electron chi connectivity index (χ4n) is 4.46.